The summed E-state index contributed by atoms with van der Waals surface area (Å²) in [6.45, 7) is 1.88. The van der Waals surface area contributed by atoms with Crippen LogP contribution in [0.5, 0.6) is 0 Å². The number of hydrazone groups is 1. The third-order valence-electron chi connectivity index (χ3n) is 1.84. The first-order valence-corrected chi connectivity index (χ1v) is 4.21. The summed E-state index contributed by atoms with van der Waals surface area (Å²) in [6.07, 6.45) is -0.164. The Morgan fingerprint density at radius 1 is 1.42 bits per heavy atom. The second kappa shape index (κ2) is 2.71. The molecular formula is C6H6Cl2N4. The average molecular weight is 205 g/mol. The number of hydrogen-bond acceptors (Lipinski definition) is 4. The fourth-order valence-corrected chi connectivity index (χ4v) is 1.84. The van der Waals surface area contributed by atoms with E-state index >= 15 is 0 Å². The quantitative estimate of drug-likeness (QED) is 0.592. The van der Waals surface area contributed by atoms with Gasteiger partial charge in [-0.25, -0.2) is 9.98 Å². The highest BCUT2D eigenvalue weighted by Gasteiger charge is 2.35. The van der Waals surface area contributed by atoms with E-state index in [-0.39, 0.29) is 17.4 Å². The van der Waals surface area contributed by atoms with Crippen LogP contribution < -0.4 is 5.43 Å². The zero-order valence-corrected chi connectivity index (χ0v) is 7.76. The molecule has 0 saturated carbocycles. The normalized spacial score (nSPS) is 33.1. The highest BCUT2D eigenvalue weighted by Crippen LogP contribution is 2.22. The van der Waals surface area contributed by atoms with Crippen LogP contribution in [0.2, 0.25) is 0 Å². The molecule has 12 heavy (non-hydrogen) atoms. The van der Waals surface area contributed by atoms with Crippen LogP contribution in [0.15, 0.2) is 15.1 Å². The molecule has 0 radical (unpaired) electrons. The second-order valence-corrected chi connectivity index (χ2v) is 3.36. The number of nitrogens with one attached hydrogen (secondary N) is 1. The SMILES string of the molecule is CC1=NNC2N=C(Cl)N=C(Cl)C12. The van der Waals surface area contributed by atoms with Gasteiger partial charge in [-0.1, -0.05) is 11.6 Å². The van der Waals surface area contributed by atoms with E-state index in [2.05, 4.69) is 20.5 Å². The van der Waals surface area contributed by atoms with Crippen molar-refractivity contribution in [2.24, 2.45) is 21.0 Å². The molecule has 2 aliphatic heterocycles. The fraction of sp³-hybridized carbons (Fsp3) is 0.500. The Balaban J connectivity index is 2.35. The van der Waals surface area contributed by atoms with Crippen LogP contribution >= 0.6 is 23.2 Å². The lowest BCUT2D eigenvalue weighted by atomic mass is 10.0. The summed E-state index contributed by atoms with van der Waals surface area (Å²) in [5, 5.41) is 4.63. The molecule has 4 nitrogen and oxygen atoms in total. The van der Waals surface area contributed by atoms with Gasteiger partial charge in [0.25, 0.3) is 0 Å². The van der Waals surface area contributed by atoms with E-state index in [1.807, 2.05) is 6.92 Å². The Kier molecular flexibility index (Phi) is 1.81. The Bertz CT molecular complexity index is 307. The maximum Gasteiger partial charge on any atom is 0.221 e. The summed E-state index contributed by atoms with van der Waals surface area (Å²) in [4.78, 5) is 7.88. The fourth-order valence-electron chi connectivity index (χ4n) is 1.25. The van der Waals surface area contributed by atoms with Gasteiger partial charge in [-0.15, -0.1) is 0 Å². The van der Waals surface area contributed by atoms with Crippen molar-refractivity contribution < 1.29 is 0 Å². The smallest absolute Gasteiger partial charge is 0.221 e. The van der Waals surface area contributed by atoms with E-state index in [9.17, 15) is 0 Å². The first kappa shape index (κ1) is 8.01. The lowest BCUT2D eigenvalue weighted by molar-refractivity contribution is 0.565. The van der Waals surface area contributed by atoms with E-state index in [0.29, 0.717) is 5.17 Å². The predicted octanol–water partition coefficient (Wildman–Crippen LogP) is 1.15. The summed E-state index contributed by atoms with van der Waals surface area (Å²) in [6, 6.07) is 0. The number of amidine groups is 1. The van der Waals surface area contributed by atoms with E-state index in [0.717, 1.165) is 5.71 Å². The Hall–Kier alpha value is -0.610. The molecule has 6 heteroatoms. The van der Waals surface area contributed by atoms with Gasteiger partial charge in [-0.05, 0) is 18.5 Å². The molecule has 0 aromatic rings. The second-order valence-electron chi connectivity index (χ2n) is 2.64. The van der Waals surface area contributed by atoms with Gasteiger partial charge in [-0.2, -0.15) is 5.10 Å². The van der Waals surface area contributed by atoms with Gasteiger partial charge in [0.2, 0.25) is 5.29 Å². The monoisotopic (exact) mass is 204 g/mol. The first-order chi connectivity index (χ1) is 5.68. The highest BCUT2D eigenvalue weighted by molar-refractivity contribution is 6.73. The lowest BCUT2D eigenvalue weighted by Crippen LogP contribution is -2.34. The zero-order valence-electron chi connectivity index (χ0n) is 6.25. The molecule has 2 unspecified atom stereocenters. The van der Waals surface area contributed by atoms with Crippen LogP contribution in [-0.4, -0.2) is 22.3 Å². The maximum atomic E-state index is 5.87. The molecule has 2 aliphatic rings. The number of hydrogen-bond donors (Lipinski definition) is 1. The van der Waals surface area contributed by atoms with Crippen LogP contribution in [0.3, 0.4) is 0 Å². The molecule has 2 heterocycles. The minimum atomic E-state index is -0.164. The van der Waals surface area contributed by atoms with Crippen molar-refractivity contribution in [2.45, 2.75) is 13.1 Å². The number of nitrogens with zero attached hydrogens (tertiary/aromatic N) is 3. The van der Waals surface area contributed by atoms with E-state index in [1.165, 1.54) is 0 Å². The van der Waals surface area contributed by atoms with Crippen LogP contribution in [0.25, 0.3) is 0 Å². The third-order valence-corrected chi connectivity index (χ3v) is 2.34. The van der Waals surface area contributed by atoms with Crippen molar-refractivity contribution in [2.75, 3.05) is 0 Å². The molecule has 0 bridgehead atoms. The van der Waals surface area contributed by atoms with Crippen molar-refractivity contribution in [3.05, 3.63) is 0 Å². The minimum absolute atomic E-state index is 0.0332. The standard InChI is InChI=1S/C6H6Cl2N4/c1-2-3-4(7)9-6(8)10-5(3)12-11-2/h3,5,12H,1H3. The van der Waals surface area contributed by atoms with Crippen LogP contribution in [0.4, 0.5) is 0 Å². The molecule has 0 aromatic heterocycles. The van der Waals surface area contributed by atoms with Crippen molar-refractivity contribution in [1.82, 2.24) is 5.43 Å². The molecule has 1 N–H and O–H groups in total. The largest absolute Gasteiger partial charge is 0.285 e. The van der Waals surface area contributed by atoms with Crippen molar-refractivity contribution >= 4 is 39.4 Å². The molecular weight excluding hydrogens is 199 g/mol. The van der Waals surface area contributed by atoms with Crippen LogP contribution in [0, 0.1) is 5.92 Å². The Morgan fingerprint density at radius 2 is 2.17 bits per heavy atom. The molecule has 64 valence electrons. The van der Waals surface area contributed by atoms with Gasteiger partial charge in [0.15, 0.2) is 6.17 Å². The number of aliphatic imine (C=N–C) groups is 2. The third kappa shape index (κ3) is 1.11. The van der Waals surface area contributed by atoms with Gasteiger partial charge in [-0.3, -0.25) is 5.43 Å². The topological polar surface area (TPSA) is 49.1 Å². The highest BCUT2D eigenvalue weighted by atomic mass is 35.5. The minimum Gasteiger partial charge on any atom is -0.285 e. The van der Waals surface area contributed by atoms with Gasteiger partial charge >= 0.3 is 0 Å². The first-order valence-electron chi connectivity index (χ1n) is 3.45. The summed E-state index contributed by atoms with van der Waals surface area (Å²) < 4.78 is 0. The molecule has 0 aliphatic carbocycles. The molecule has 0 aromatic carbocycles. The van der Waals surface area contributed by atoms with E-state index in [1.54, 1.807) is 0 Å². The molecule has 2 atom stereocenters. The molecule has 0 fully saturated rings. The lowest BCUT2D eigenvalue weighted by Gasteiger charge is -2.17. The number of rotatable bonds is 0. The van der Waals surface area contributed by atoms with Crippen molar-refractivity contribution in [3.63, 3.8) is 0 Å². The van der Waals surface area contributed by atoms with E-state index in [4.69, 9.17) is 23.2 Å². The zero-order chi connectivity index (χ0) is 8.72. The predicted molar refractivity (Wildman–Crippen MR) is 50.1 cm³/mol. The van der Waals surface area contributed by atoms with Gasteiger partial charge < -0.3 is 0 Å². The average Bonchev–Trinajstić information content (AvgIpc) is 2.31. The Labute approximate surface area is 79.4 Å². The van der Waals surface area contributed by atoms with Crippen LogP contribution in [-0.2, 0) is 0 Å². The molecule has 0 saturated heterocycles. The van der Waals surface area contributed by atoms with Gasteiger partial charge in [0.05, 0.1) is 5.92 Å². The van der Waals surface area contributed by atoms with Crippen LogP contribution in [0.1, 0.15) is 6.92 Å². The summed E-state index contributed by atoms with van der Waals surface area (Å²) in [7, 11) is 0. The summed E-state index contributed by atoms with van der Waals surface area (Å²) in [5.74, 6) is -0.0332. The van der Waals surface area contributed by atoms with Gasteiger partial charge in [0, 0.05) is 5.71 Å². The van der Waals surface area contributed by atoms with Crippen molar-refractivity contribution in [3.8, 4) is 0 Å². The Morgan fingerprint density at radius 3 is 2.92 bits per heavy atom. The summed E-state index contributed by atoms with van der Waals surface area (Å²) >= 11 is 11.5. The number of halogens is 2. The van der Waals surface area contributed by atoms with Crippen molar-refractivity contribution in [1.29, 1.82) is 0 Å². The number of fused-ring (bicyclic) bond motifs is 1. The summed E-state index contributed by atoms with van der Waals surface area (Å²) in [5.41, 5.74) is 3.71. The molecule has 0 amide bonds. The molecule has 2 rings (SSSR count). The van der Waals surface area contributed by atoms with E-state index < -0.39 is 0 Å². The molecule has 0 spiro atoms. The van der Waals surface area contributed by atoms with Gasteiger partial charge in [0.1, 0.15) is 5.17 Å². The maximum absolute atomic E-state index is 5.87.